The van der Waals surface area contributed by atoms with Crippen LogP contribution in [0.2, 0.25) is 0 Å². The van der Waals surface area contributed by atoms with E-state index >= 15 is 0 Å². The largest absolute Gasteiger partial charge is 0.396 e. The van der Waals surface area contributed by atoms with E-state index in [1.807, 2.05) is 19.2 Å². The van der Waals surface area contributed by atoms with Crippen LogP contribution >= 0.6 is 0 Å². The SMILES string of the molecule is Cc1ccnc(N(C)CC2CCOCC2)c1N. The summed E-state index contributed by atoms with van der Waals surface area (Å²) in [4.78, 5) is 6.54. The van der Waals surface area contributed by atoms with Crippen molar-refractivity contribution in [2.24, 2.45) is 5.92 Å². The lowest BCUT2D eigenvalue weighted by Crippen LogP contribution is -2.30. The first-order valence-electron chi connectivity index (χ1n) is 6.18. The smallest absolute Gasteiger partial charge is 0.151 e. The van der Waals surface area contributed by atoms with Crippen molar-refractivity contribution in [3.8, 4) is 0 Å². The average molecular weight is 235 g/mol. The maximum Gasteiger partial charge on any atom is 0.151 e. The number of anilines is 2. The molecule has 0 atom stereocenters. The summed E-state index contributed by atoms with van der Waals surface area (Å²) in [6.45, 7) is 4.79. The maximum absolute atomic E-state index is 6.06. The van der Waals surface area contributed by atoms with Crippen LogP contribution in [0.25, 0.3) is 0 Å². The van der Waals surface area contributed by atoms with Crippen molar-refractivity contribution in [3.63, 3.8) is 0 Å². The normalized spacial score (nSPS) is 17.1. The molecule has 4 heteroatoms. The van der Waals surface area contributed by atoms with Gasteiger partial charge in [-0.3, -0.25) is 0 Å². The van der Waals surface area contributed by atoms with Gasteiger partial charge in [0, 0.05) is 33.0 Å². The van der Waals surface area contributed by atoms with E-state index in [1.54, 1.807) is 0 Å². The Morgan fingerprint density at radius 2 is 2.18 bits per heavy atom. The van der Waals surface area contributed by atoms with Gasteiger partial charge in [-0.15, -0.1) is 0 Å². The van der Waals surface area contributed by atoms with E-state index in [1.165, 1.54) is 0 Å². The first-order valence-corrected chi connectivity index (χ1v) is 6.18. The van der Waals surface area contributed by atoms with Gasteiger partial charge in [-0.2, -0.15) is 0 Å². The van der Waals surface area contributed by atoms with Gasteiger partial charge in [-0.1, -0.05) is 0 Å². The van der Waals surface area contributed by atoms with E-state index < -0.39 is 0 Å². The molecule has 0 aliphatic carbocycles. The second kappa shape index (κ2) is 5.36. The minimum absolute atomic E-state index is 0.690. The van der Waals surface area contributed by atoms with Crippen LogP contribution in [0.4, 0.5) is 11.5 Å². The number of rotatable bonds is 3. The van der Waals surface area contributed by atoms with Crippen LogP contribution in [0, 0.1) is 12.8 Å². The molecule has 0 saturated carbocycles. The Kier molecular flexibility index (Phi) is 3.84. The molecule has 0 unspecified atom stereocenters. The fourth-order valence-electron chi connectivity index (χ4n) is 2.26. The minimum Gasteiger partial charge on any atom is -0.396 e. The van der Waals surface area contributed by atoms with Crippen LogP contribution in [0.15, 0.2) is 12.3 Å². The molecular weight excluding hydrogens is 214 g/mol. The third-order valence-corrected chi connectivity index (χ3v) is 3.42. The molecule has 0 amide bonds. The first-order chi connectivity index (χ1) is 8.18. The monoisotopic (exact) mass is 235 g/mol. The van der Waals surface area contributed by atoms with Crippen LogP contribution in [0.5, 0.6) is 0 Å². The van der Waals surface area contributed by atoms with Gasteiger partial charge in [-0.05, 0) is 37.3 Å². The molecule has 0 radical (unpaired) electrons. The molecule has 0 bridgehead atoms. The highest BCUT2D eigenvalue weighted by molar-refractivity contribution is 5.65. The standard InChI is InChI=1S/C13H21N3O/c1-10-3-6-15-13(12(10)14)16(2)9-11-4-7-17-8-5-11/h3,6,11H,4-5,7-9,14H2,1-2H3. The Morgan fingerprint density at radius 1 is 1.47 bits per heavy atom. The first kappa shape index (κ1) is 12.2. The van der Waals surface area contributed by atoms with Crippen LogP contribution in [-0.4, -0.2) is 31.8 Å². The van der Waals surface area contributed by atoms with Crippen LogP contribution < -0.4 is 10.6 Å². The summed E-state index contributed by atoms with van der Waals surface area (Å²) in [5.74, 6) is 1.59. The van der Waals surface area contributed by atoms with Crippen LogP contribution in [0.1, 0.15) is 18.4 Å². The van der Waals surface area contributed by atoms with Crippen molar-refractivity contribution in [1.82, 2.24) is 4.98 Å². The molecule has 1 aromatic rings. The van der Waals surface area contributed by atoms with Crippen molar-refractivity contribution in [2.75, 3.05) is 37.4 Å². The Hall–Kier alpha value is -1.29. The van der Waals surface area contributed by atoms with E-state index in [-0.39, 0.29) is 0 Å². The summed E-state index contributed by atoms with van der Waals surface area (Å²) in [6, 6.07) is 1.95. The number of hydrogen-bond acceptors (Lipinski definition) is 4. The molecule has 0 spiro atoms. The van der Waals surface area contributed by atoms with Gasteiger partial charge >= 0.3 is 0 Å². The highest BCUT2D eigenvalue weighted by Gasteiger charge is 2.17. The fourth-order valence-corrected chi connectivity index (χ4v) is 2.26. The lowest BCUT2D eigenvalue weighted by molar-refractivity contribution is 0.0685. The molecule has 2 N–H and O–H groups in total. The highest BCUT2D eigenvalue weighted by atomic mass is 16.5. The van der Waals surface area contributed by atoms with Crippen LogP contribution in [0.3, 0.4) is 0 Å². The quantitative estimate of drug-likeness (QED) is 0.868. The van der Waals surface area contributed by atoms with E-state index in [0.717, 1.165) is 49.7 Å². The van der Waals surface area contributed by atoms with Crippen molar-refractivity contribution >= 4 is 11.5 Å². The number of pyridine rings is 1. The molecule has 17 heavy (non-hydrogen) atoms. The van der Waals surface area contributed by atoms with Gasteiger partial charge in [0.05, 0.1) is 5.69 Å². The zero-order valence-electron chi connectivity index (χ0n) is 10.6. The zero-order valence-corrected chi connectivity index (χ0v) is 10.6. The number of hydrogen-bond donors (Lipinski definition) is 1. The maximum atomic E-state index is 6.06. The number of nitrogens with two attached hydrogens (primary N) is 1. The highest BCUT2D eigenvalue weighted by Crippen LogP contribution is 2.24. The second-order valence-electron chi connectivity index (χ2n) is 4.80. The summed E-state index contributed by atoms with van der Waals surface area (Å²) in [6.07, 6.45) is 4.09. The van der Waals surface area contributed by atoms with Crippen molar-refractivity contribution in [1.29, 1.82) is 0 Å². The Bertz CT molecular complexity index is 375. The van der Waals surface area contributed by atoms with E-state index in [9.17, 15) is 0 Å². The van der Waals surface area contributed by atoms with Crippen molar-refractivity contribution < 1.29 is 4.74 Å². The molecule has 1 saturated heterocycles. The van der Waals surface area contributed by atoms with Gasteiger partial charge < -0.3 is 15.4 Å². The molecule has 1 fully saturated rings. The molecule has 2 rings (SSSR count). The van der Waals surface area contributed by atoms with Gasteiger partial charge in [0.25, 0.3) is 0 Å². The molecule has 1 aliphatic rings. The molecule has 2 heterocycles. The van der Waals surface area contributed by atoms with Gasteiger partial charge in [0.2, 0.25) is 0 Å². The third-order valence-electron chi connectivity index (χ3n) is 3.42. The van der Waals surface area contributed by atoms with Crippen molar-refractivity contribution in [3.05, 3.63) is 17.8 Å². The summed E-state index contributed by atoms with van der Waals surface area (Å²) < 4.78 is 5.37. The zero-order chi connectivity index (χ0) is 12.3. The topological polar surface area (TPSA) is 51.4 Å². The number of nitrogens with zero attached hydrogens (tertiary/aromatic N) is 2. The van der Waals surface area contributed by atoms with Gasteiger partial charge in [0.1, 0.15) is 0 Å². The summed E-state index contributed by atoms with van der Waals surface area (Å²) in [5, 5.41) is 0. The number of nitrogen functional groups attached to an aromatic ring is 1. The summed E-state index contributed by atoms with van der Waals surface area (Å²) in [5.41, 5.74) is 7.94. The minimum atomic E-state index is 0.690. The van der Waals surface area contributed by atoms with Gasteiger partial charge in [0.15, 0.2) is 5.82 Å². The predicted octanol–water partition coefficient (Wildman–Crippen LogP) is 1.84. The molecular formula is C13H21N3O. The van der Waals surface area contributed by atoms with E-state index in [2.05, 4.69) is 16.9 Å². The molecule has 1 aromatic heterocycles. The number of aryl methyl sites for hydroxylation is 1. The summed E-state index contributed by atoms with van der Waals surface area (Å²) in [7, 11) is 2.06. The Morgan fingerprint density at radius 3 is 2.88 bits per heavy atom. The Labute approximate surface area is 103 Å². The predicted molar refractivity (Wildman–Crippen MR) is 70.2 cm³/mol. The van der Waals surface area contributed by atoms with E-state index in [4.69, 9.17) is 10.5 Å². The lowest BCUT2D eigenvalue weighted by atomic mass is 10.00. The lowest BCUT2D eigenvalue weighted by Gasteiger charge is -2.28. The van der Waals surface area contributed by atoms with Crippen molar-refractivity contribution in [2.45, 2.75) is 19.8 Å². The molecule has 0 aromatic carbocycles. The van der Waals surface area contributed by atoms with Gasteiger partial charge in [-0.25, -0.2) is 4.98 Å². The molecule has 94 valence electrons. The fraction of sp³-hybridized carbons (Fsp3) is 0.615. The number of ether oxygens (including phenoxy) is 1. The Balaban J connectivity index is 2.03. The second-order valence-corrected chi connectivity index (χ2v) is 4.80. The third kappa shape index (κ3) is 2.88. The summed E-state index contributed by atoms with van der Waals surface area (Å²) >= 11 is 0. The molecule has 4 nitrogen and oxygen atoms in total. The average Bonchev–Trinajstić information content (AvgIpc) is 2.34. The number of aromatic nitrogens is 1. The van der Waals surface area contributed by atoms with E-state index in [0.29, 0.717) is 5.92 Å². The van der Waals surface area contributed by atoms with Crippen LogP contribution in [-0.2, 0) is 4.74 Å². The molecule has 1 aliphatic heterocycles.